The standard InChI is InChI=1S/C35H50N2O4/c1-24(2)9-13-27-15-17-32(40-23-29-22-37-35(36)20-28(29)14-10-25(27)3)21-30(38)16-11-26-12-18-33(39)34(19-26)41-31-7-5-4-6-8-31/h12,18-20,22,24-25,27,30-32,38-39H,4-9,11,13,15-17,21,23H2,1-3H3,(H2,36,37)/t25-,27-,30+,32-/m0/s1. The van der Waals surface area contributed by atoms with E-state index in [1.165, 1.54) is 25.7 Å². The second kappa shape index (κ2) is 15.5. The highest BCUT2D eigenvalue weighted by Gasteiger charge is 2.23. The van der Waals surface area contributed by atoms with E-state index in [1.54, 1.807) is 12.3 Å². The van der Waals surface area contributed by atoms with Gasteiger partial charge in [0.2, 0.25) is 0 Å². The first-order valence-electron chi connectivity index (χ1n) is 15.8. The second-order valence-corrected chi connectivity index (χ2v) is 12.7. The lowest BCUT2D eigenvalue weighted by molar-refractivity contribution is -0.00630. The van der Waals surface area contributed by atoms with Gasteiger partial charge in [-0.15, -0.1) is 0 Å². The Morgan fingerprint density at radius 3 is 2.68 bits per heavy atom. The van der Waals surface area contributed by atoms with Crippen LogP contribution < -0.4 is 10.5 Å². The van der Waals surface area contributed by atoms with Crippen molar-refractivity contribution in [2.75, 3.05) is 5.73 Å². The maximum atomic E-state index is 11.1. The van der Waals surface area contributed by atoms with Gasteiger partial charge in [0.1, 0.15) is 5.82 Å². The first kappa shape index (κ1) is 31.2. The molecule has 0 saturated heterocycles. The number of anilines is 1. The van der Waals surface area contributed by atoms with Crippen LogP contribution in [-0.4, -0.2) is 33.5 Å². The summed E-state index contributed by atoms with van der Waals surface area (Å²) in [5.41, 5.74) is 8.86. The highest BCUT2D eigenvalue weighted by atomic mass is 16.5. The van der Waals surface area contributed by atoms with Gasteiger partial charge in [-0.05, 0) is 99.8 Å². The van der Waals surface area contributed by atoms with Crippen molar-refractivity contribution in [2.45, 2.75) is 123 Å². The Balaban J connectivity index is 1.39. The van der Waals surface area contributed by atoms with Crippen molar-refractivity contribution < 1.29 is 19.7 Å². The molecule has 1 aliphatic heterocycles. The number of aliphatic hydroxyl groups is 1. The number of phenols is 1. The van der Waals surface area contributed by atoms with Crippen LogP contribution in [0.1, 0.15) is 108 Å². The summed E-state index contributed by atoms with van der Waals surface area (Å²) in [5, 5.41) is 21.5. The van der Waals surface area contributed by atoms with E-state index in [0.717, 1.165) is 48.8 Å². The van der Waals surface area contributed by atoms with Crippen molar-refractivity contribution in [1.29, 1.82) is 0 Å². The average molecular weight is 563 g/mol. The molecule has 2 aromatic rings. The van der Waals surface area contributed by atoms with E-state index >= 15 is 0 Å². The molecule has 1 aliphatic carbocycles. The third-order valence-corrected chi connectivity index (χ3v) is 8.77. The minimum absolute atomic E-state index is 0.0627. The Morgan fingerprint density at radius 1 is 1.10 bits per heavy atom. The van der Waals surface area contributed by atoms with Crippen LogP contribution in [0.2, 0.25) is 0 Å². The topological polar surface area (TPSA) is 97.8 Å². The number of phenolic OH excluding ortho intramolecular Hbond substituents is 1. The third-order valence-electron chi connectivity index (χ3n) is 8.77. The number of nitrogens with two attached hydrogens (primary N) is 1. The molecule has 0 unspecified atom stereocenters. The van der Waals surface area contributed by atoms with Crippen molar-refractivity contribution in [3.63, 3.8) is 0 Å². The zero-order valence-corrected chi connectivity index (χ0v) is 25.3. The van der Waals surface area contributed by atoms with Gasteiger partial charge < -0.3 is 25.4 Å². The number of aromatic hydroxyl groups is 1. The van der Waals surface area contributed by atoms with Gasteiger partial charge in [-0.1, -0.05) is 51.5 Å². The molecule has 6 heteroatoms. The molecule has 0 bridgehead atoms. The fourth-order valence-electron chi connectivity index (χ4n) is 6.03. The first-order valence-corrected chi connectivity index (χ1v) is 15.8. The molecule has 0 amide bonds. The monoisotopic (exact) mass is 562 g/mol. The van der Waals surface area contributed by atoms with Crippen molar-refractivity contribution in [1.82, 2.24) is 4.98 Å². The van der Waals surface area contributed by atoms with Crippen LogP contribution in [0.4, 0.5) is 5.82 Å². The summed E-state index contributed by atoms with van der Waals surface area (Å²) in [6.45, 7) is 7.18. The van der Waals surface area contributed by atoms with Gasteiger partial charge in [-0.3, -0.25) is 0 Å². The molecule has 0 radical (unpaired) electrons. The summed E-state index contributed by atoms with van der Waals surface area (Å²) in [4.78, 5) is 4.28. The quantitative estimate of drug-likeness (QED) is 0.265. The molecule has 1 aromatic heterocycles. The maximum absolute atomic E-state index is 11.1. The number of nitrogens with zero attached hydrogens (tertiary/aromatic N) is 1. The molecule has 1 aromatic carbocycles. The number of benzene rings is 1. The van der Waals surface area contributed by atoms with Crippen LogP contribution in [0.3, 0.4) is 0 Å². The molecule has 4 rings (SSSR count). The fourth-order valence-corrected chi connectivity index (χ4v) is 6.03. The van der Waals surface area contributed by atoms with Crippen LogP contribution >= 0.6 is 0 Å². The van der Waals surface area contributed by atoms with Crippen LogP contribution in [0.25, 0.3) is 0 Å². The van der Waals surface area contributed by atoms with E-state index in [2.05, 4.69) is 37.6 Å². The molecule has 2 heterocycles. The Bertz CT molecular complexity index is 1160. The van der Waals surface area contributed by atoms with Gasteiger partial charge in [0.05, 0.1) is 24.9 Å². The molecule has 4 N–H and O–H groups in total. The van der Waals surface area contributed by atoms with E-state index in [1.807, 2.05) is 18.2 Å². The number of aromatic nitrogens is 1. The normalized spacial score (nSPS) is 22.7. The third kappa shape index (κ3) is 9.94. The molecule has 41 heavy (non-hydrogen) atoms. The minimum Gasteiger partial charge on any atom is -0.504 e. The molecule has 2 aliphatic rings. The second-order valence-electron chi connectivity index (χ2n) is 12.7. The zero-order valence-electron chi connectivity index (χ0n) is 25.3. The number of fused-ring (bicyclic) bond motifs is 1. The SMILES string of the molecule is CC(C)CC[C@H]1CC[C@@H](C[C@H](O)CCc2ccc(O)c(OC3CCCCC3)c2)OCc2cnc(N)cc2C#C[C@@H]1C. The van der Waals surface area contributed by atoms with Crippen molar-refractivity contribution in [3.8, 4) is 23.3 Å². The lowest BCUT2D eigenvalue weighted by atomic mass is 9.83. The maximum Gasteiger partial charge on any atom is 0.161 e. The van der Waals surface area contributed by atoms with Crippen LogP contribution in [-0.2, 0) is 17.8 Å². The Kier molecular flexibility index (Phi) is 11.8. The van der Waals surface area contributed by atoms with Gasteiger partial charge in [0.15, 0.2) is 11.5 Å². The highest BCUT2D eigenvalue weighted by Crippen LogP contribution is 2.32. The molecule has 1 fully saturated rings. The summed E-state index contributed by atoms with van der Waals surface area (Å²) < 4.78 is 12.6. The number of nitrogen functional groups attached to an aromatic ring is 1. The smallest absolute Gasteiger partial charge is 0.161 e. The Labute approximate surface area is 247 Å². The predicted molar refractivity (Wildman–Crippen MR) is 165 cm³/mol. The summed E-state index contributed by atoms with van der Waals surface area (Å²) in [5.74, 6) is 9.48. The van der Waals surface area contributed by atoms with E-state index < -0.39 is 6.10 Å². The molecule has 6 nitrogen and oxygen atoms in total. The van der Waals surface area contributed by atoms with E-state index in [4.69, 9.17) is 15.2 Å². The molecular weight excluding hydrogens is 512 g/mol. The number of ether oxygens (including phenoxy) is 2. The average Bonchev–Trinajstić information content (AvgIpc) is 2.98. The minimum atomic E-state index is -0.492. The van der Waals surface area contributed by atoms with Crippen LogP contribution in [0, 0.1) is 29.6 Å². The number of aliphatic hydroxyl groups excluding tert-OH is 1. The molecule has 224 valence electrons. The summed E-state index contributed by atoms with van der Waals surface area (Å²) in [6, 6.07) is 7.42. The number of pyridine rings is 1. The highest BCUT2D eigenvalue weighted by molar-refractivity contribution is 5.47. The van der Waals surface area contributed by atoms with Gasteiger partial charge >= 0.3 is 0 Å². The number of rotatable bonds is 10. The molecular formula is C35H50N2O4. The summed E-state index contributed by atoms with van der Waals surface area (Å²) in [7, 11) is 0. The molecule has 0 spiro atoms. The lowest BCUT2D eigenvalue weighted by Crippen LogP contribution is -2.23. The summed E-state index contributed by atoms with van der Waals surface area (Å²) in [6.07, 6.45) is 13.2. The number of aryl methyl sites for hydroxylation is 1. The zero-order chi connectivity index (χ0) is 29.2. The van der Waals surface area contributed by atoms with E-state index in [0.29, 0.717) is 49.3 Å². The van der Waals surface area contributed by atoms with Crippen LogP contribution in [0.15, 0.2) is 30.5 Å². The number of hydrogen-bond acceptors (Lipinski definition) is 6. The van der Waals surface area contributed by atoms with Gasteiger partial charge in [-0.25, -0.2) is 4.98 Å². The van der Waals surface area contributed by atoms with Gasteiger partial charge in [0.25, 0.3) is 0 Å². The van der Waals surface area contributed by atoms with Gasteiger partial charge in [0, 0.05) is 23.2 Å². The number of hydrogen-bond donors (Lipinski definition) is 3. The Morgan fingerprint density at radius 2 is 1.90 bits per heavy atom. The van der Waals surface area contributed by atoms with Crippen molar-refractivity contribution in [3.05, 3.63) is 47.2 Å². The van der Waals surface area contributed by atoms with Crippen molar-refractivity contribution in [2.24, 2.45) is 17.8 Å². The molecule has 1 saturated carbocycles. The van der Waals surface area contributed by atoms with E-state index in [9.17, 15) is 10.2 Å². The fraction of sp³-hybridized carbons (Fsp3) is 0.629. The van der Waals surface area contributed by atoms with Crippen LogP contribution in [0.5, 0.6) is 11.5 Å². The van der Waals surface area contributed by atoms with Crippen molar-refractivity contribution >= 4 is 5.82 Å². The largest absolute Gasteiger partial charge is 0.504 e. The lowest BCUT2D eigenvalue weighted by Gasteiger charge is -2.26. The molecule has 4 atom stereocenters. The first-order chi connectivity index (χ1) is 19.8. The van der Waals surface area contributed by atoms with Gasteiger partial charge in [-0.2, -0.15) is 0 Å². The van der Waals surface area contributed by atoms with E-state index in [-0.39, 0.29) is 23.9 Å². The Hall–Kier alpha value is -2.75. The predicted octanol–water partition coefficient (Wildman–Crippen LogP) is 7.18. The summed E-state index contributed by atoms with van der Waals surface area (Å²) >= 11 is 0.